The molecule has 0 radical (unpaired) electrons. The monoisotopic (exact) mass is 366 g/mol. The summed E-state index contributed by atoms with van der Waals surface area (Å²) in [6, 6.07) is 10.1. The van der Waals surface area contributed by atoms with Gasteiger partial charge < -0.3 is 4.90 Å². The van der Waals surface area contributed by atoms with Crippen LogP contribution in [0.15, 0.2) is 35.7 Å². The van der Waals surface area contributed by atoms with Crippen molar-refractivity contribution in [3.8, 4) is 5.69 Å². The van der Waals surface area contributed by atoms with Gasteiger partial charge in [-0.05, 0) is 55.3 Å². The van der Waals surface area contributed by atoms with Gasteiger partial charge in [-0.1, -0.05) is 18.2 Å². The summed E-state index contributed by atoms with van der Waals surface area (Å²) < 4.78 is 1.92. The van der Waals surface area contributed by atoms with Crippen molar-refractivity contribution in [2.24, 2.45) is 0 Å². The Kier molecular flexibility index (Phi) is 4.36. The summed E-state index contributed by atoms with van der Waals surface area (Å²) in [4.78, 5) is 19.9. The molecule has 0 N–H and O–H groups in total. The summed E-state index contributed by atoms with van der Waals surface area (Å²) in [5, 5.41) is 6.71. The van der Waals surface area contributed by atoms with Gasteiger partial charge in [-0.25, -0.2) is 9.67 Å². The average molecular weight is 366 g/mol. The highest BCUT2D eigenvalue weighted by atomic mass is 32.1. The maximum Gasteiger partial charge on any atom is 0.264 e. The van der Waals surface area contributed by atoms with Gasteiger partial charge in [0, 0.05) is 13.0 Å². The zero-order valence-electron chi connectivity index (χ0n) is 15.3. The highest BCUT2D eigenvalue weighted by Gasteiger charge is 2.30. The van der Waals surface area contributed by atoms with Gasteiger partial charge in [0.25, 0.3) is 5.91 Å². The van der Waals surface area contributed by atoms with E-state index in [9.17, 15) is 4.79 Å². The van der Waals surface area contributed by atoms with E-state index in [4.69, 9.17) is 10.1 Å². The van der Waals surface area contributed by atoms with Crippen LogP contribution >= 0.6 is 11.3 Å². The van der Waals surface area contributed by atoms with Gasteiger partial charge in [-0.3, -0.25) is 4.79 Å². The molecule has 0 atom stereocenters. The molecule has 134 valence electrons. The first-order chi connectivity index (χ1) is 12.5. The Morgan fingerprint density at radius 2 is 2.12 bits per heavy atom. The first-order valence-corrected chi connectivity index (χ1v) is 9.73. The van der Waals surface area contributed by atoms with Gasteiger partial charge in [0.05, 0.1) is 17.1 Å². The Balaban J connectivity index is 1.68. The number of rotatable bonds is 5. The van der Waals surface area contributed by atoms with Crippen LogP contribution in [0.2, 0.25) is 0 Å². The minimum Gasteiger partial charge on any atom is -0.333 e. The van der Waals surface area contributed by atoms with Crippen molar-refractivity contribution in [1.29, 1.82) is 0 Å². The second-order valence-electron chi connectivity index (χ2n) is 7.00. The predicted octanol–water partition coefficient (Wildman–Crippen LogP) is 4.10. The number of hydrogen-bond acceptors (Lipinski definition) is 4. The van der Waals surface area contributed by atoms with Crippen molar-refractivity contribution in [3.05, 3.63) is 63.4 Å². The fraction of sp³-hybridized carbons (Fsp3) is 0.350. The number of aryl methyl sites for hydroxylation is 2. The van der Waals surface area contributed by atoms with E-state index in [0.29, 0.717) is 12.5 Å². The minimum atomic E-state index is 0.0171. The molecule has 5 nitrogen and oxygen atoms in total. The fourth-order valence-electron chi connectivity index (χ4n) is 2.99. The van der Waals surface area contributed by atoms with Crippen molar-refractivity contribution in [2.45, 2.75) is 39.2 Å². The first-order valence-electron chi connectivity index (χ1n) is 8.85. The summed E-state index contributed by atoms with van der Waals surface area (Å²) >= 11 is 1.46. The van der Waals surface area contributed by atoms with Gasteiger partial charge >= 0.3 is 0 Å². The van der Waals surface area contributed by atoms with Crippen molar-refractivity contribution >= 4 is 17.2 Å². The van der Waals surface area contributed by atoms with Crippen molar-refractivity contribution < 1.29 is 4.79 Å². The Hall–Kier alpha value is -2.47. The second-order valence-corrected chi connectivity index (χ2v) is 7.95. The molecule has 2 aromatic heterocycles. The van der Waals surface area contributed by atoms with Crippen LogP contribution < -0.4 is 0 Å². The van der Waals surface area contributed by atoms with Crippen LogP contribution in [0.5, 0.6) is 0 Å². The van der Waals surface area contributed by atoms with E-state index in [1.165, 1.54) is 16.9 Å². The molecule has 1 aliphatic rings. The first kappa shape index (κ1) is 17.0. The van der Waals surface area contributed by atoms with Crippen LogP contribution in [0, 0.1) is 13.8 Å². The molecule has 0 aliphatic heterocycles. The van der Waals surface area contributed by atoms with E-state index in [2.05, 4.69) is 32.0 Å². The second kappa shape index (κ2) is 6.68. The number of carbonyl (C=O) groups excluding carboxylic acids is 1. The lowest BCUT2D eigenvalue weighted by Gasteiger charge is -2.17. The molecular weight excluding hydrogens is 344 g/mol. The zero-order valence-corrected chi connectivity index (χ0v) is 16.1. The molecule has 0 unspecified atom stereocenters. The maximum absolute atomic E-state index is 12.6. The van der Waals surface area contributed by atoms with E-state index >= 15 is 0 Å². The molecule has 1 fully saturated rings. The number of hydrogen-bond donors (Lipinski definition) is 0. The zero-order chi connectivity index (χ0) is 18.3. The third kappa shape index (κ3) is 3.29. The summed E-state index contributed by atoms with van der Waals surface area (Å²) in [6.45, 7) is 4.59. The molecule has 3 aromatic rings. The Labute approximate surface area is 157 Å². The lowest BCUT2D eigenvalue weighted by atomic mass is 10.1. The fourth-order valence-corrected chi connectivity index (χ4v) is 3.71. The normalized spacial score (nSPS) is 13.8. The van der Waals surface area contributed by atoms with E-state index < -0.39 is 0 Å². The molecular formula is C20H22N4OS. The predicted molar refractivity (Wildman–Crippen MR) is 103 cm³/mol. The number of amides is 1. The lowest BCUT2D eigenvalue weighted by Crippen LogP contribution is -2.27. The average Bonchev–Trinajstić information content (AvgIpc) is 3.17. The van der Waals surface area contributed by atoms with E-state index in [0.717, 1.165) is 40.6 Å². The Morgan fingerprint density at radius 1 is 1.31 bits per heavy atom. The van der Waals surface area contributed by atoms with E-state index in [-0.39, 0.29) is 5.91 Å². The number of thiophene rings is 1. The molecule has 26 heavy (non-hydrogen) atoms. The van der Waals surface area contributed by atoms with Crippen LogP contribution in [-0.2, 0) is 6.54 Å². The topological polar surface area (TPSA) is 51.0 Å². The largest absolute Gasteiger partial charge is 0.333 e. The van der Waals surface area contributed by atoms with Crippen LogP contribution in [0.25, 0.3) is 5.69 Å². The molecule has 0 spiro atoms. The molecule has 0 saturated heterocycles. The number of aromatic nitrogens is 3. The molecule has 1 aromatic carbocycles. The summed E-state index contributed by atoms with van der Waals surface area (Å²) in [5.74, 6) is 2.20. The quantitative estimate of drug-likeness (QED) is 0.683. The van der Waals surface area contributed by atoms with Crippen molar-refractivity contribution in [3.63, 3.8) is 0 Å². The van der Waals surface area contributed by atoms with Crippen LogP contribution in [0.4, 0.5) is 0 Å². The van der Waals surface area contributed by atoms with Crippen LogP contribution in [-0.4, -0.2) is 32.6 Å². The maximum atomic E-state index is 12.6. The number of carbonyl (C=O) groups is 1. The molecule has 1 amide bonds. The minimum absolute atomic E-state index is 0.0171. The SMILES string of the molecule is Cc1ccc(C)c(-n2nc(C3CC3)nc2CN(C)C(=O)c2cccs2)c1. The van der Waals surface area contributed by atoms with Gasteiger partial charge in [0.2, 0.25) is 0 Å². The lowest BCUT2D eigenvalue weighted by molar-refractivity contribution is 0.0785. The summed E-state index contributed by atoms with van der Waals surface area (Å²) in [7, 11) is 1.82. The molecule has 6 heteroatoms. The number of benzene rings is 1. The molecule has 0 bridgehead atoms. The summed E-state index contributed by atoms with van der Waals surface area (Å²) in [5.41, 5.74) is 3.37. The third-order valence-electron chi connectivity index (χ3n) is 4.68. The molecule has 1 aliphatic carbocycles. The van der Waals surface area contributed by atoms with Crippen molar-refractivity contribution in [1.82, 2.24) is 19.7 Å². The molecule has 2 heterocycles. The van der Waals surface area contributed by atoms with Gasteiger partial charge in [-0.15, -0.1) is 11.3 Å². The van der Waals surface area contributed by atoms with Gasteiger partial charge in [-0.2, -0.15) is 5.10 Å². The molecule has 4 rings (SSSR count). The van der Waals surface area contributed by atoms with Gasteiger partial charge in [0.1, 0.15) is 0 Å². The molecule has 1 saturated carbocycles. The van der Waals surface area contributed by atoms with E-state index in [1.807, 2.05) is 29.2 Å². The van der Waals surface area contributed by atoms with Crippen molar-refractivity contribution in [2.75, 3.05) is 7.05 Å². The Bertz CT molecular complexity index is 941. The Morgan fingerprint density at radius 3 is 2.81 bits per heavy atom. The number of nitrogens with zero attached hydrogens (tertiary/aromatic N) is 4. The third-order valence-corrected chi connectivity index (χ3v) is 5.54. The van der Waals surface area contributed by atoms with Gasteiger partial charge in [0.15, 0.2) is 11.6 Å². The van der Waals surface area contributed by atoms with E-state index in [1.54, 1.807) is 4.90 Å². The summed E-state index contributed by atoms with van der Waals surface area (Å²) in [6.07, 6.45) is 2.31. The van der Waals surface area contributed by atoms with Crippen LogP contribution in [0.1, 0.15) is 51.2 Å². The highest BCUT2D eigenvalue weighted by molar-refractivity contribution is 7.12. The standard InChI is InChI=1S/C20H22N4OS/c1-13-6-7-14(2)16(11-13)24-18(21-19(22-24)15-8-9-15)12-23(3)20(25)17-5-4-10-26-17/h4-7,10-11,15H,8-9,12H2,1-3H3. The smallest absolute Gasteiger partial charge is 0.264 e. The highest BCUT2D eigenvalue weighted by Crippen LogP contribution is 2.38. The van der Waals surface area contributed by atoms with Crippen LogP contribution in [0.3, 0.4) is 0 Å².